The van der Waals surface area contributed by atoms with E-state index in [4.69, 9.17) is 10.3 Å². The summed E-state index contributed by atoms with van der Waals surface area (Å²) in [4.78, 5) is 4.59. The van der Waals surface area contributed by atoms with E-state index in [1.54, 1.807) is 0 Å². The van der Waals surface area contributed by atoms with Crippen LogP contribution in [0.25, 0.3) is 0 Å². The third-order valence-electron chi connectivity index (χ3n) is 4.24. The van der Waals surface area contributed by atoms with Crippen LogP contribution in [0.4, 0.5) is 0 Å². The largest absolute Gasteiger partial charge is 0.339 e. The monoisotopic (exact) mass is 271 g/mol. The number of hydrogen-bond donors (Lipinski definition) is 1. The summed E-state index contributed by atoms with van der Waals surface area (Å²) in [5, 5.41) is 4.20. The molecule has 0 amide bonds. The molecule has 1 heterocycles. The quantitative estimate of drug-likeness (QED) is 0.908. The molecule has 0 bridgehead atoms. The minimum atomic E-state index is -0.0229. The molecule has 1 aromatic carbocycles. The number of nitrogens with two attached hydrogens (primary N) is 1. The molecular weight excluding hydrogens is 250 g/mol. The molecule has 0 saturated heterocycles. The first kappa shape index (κ1) is 13.3. The number of rotatable bonds is 5. The first-order valence-corrected chi connectivity index (χ1v) is 7.26. The number of aromatic nitrogens is 2. The molecule has 3 rings (SSSR count). The van der Waals surface area contributed by atoms with Crippen molar-refractivity contribution in [1.82, 2.24) is 10.1 Å². The Hall–Kier alpha value is -1.68. The second-order valence-electron chi connectivity index (χ2n) is 6.07. The third kappa shape index (κ3) is 2.36. The van der Waals surface area contributed by atoms with Gasteiger partial charge in [-0.25, -0.2) is 0 Å². The highest BCUT2D eigenvalue weighted by Gasteiger charge is 2.49. The molecule has 106 valence electrons. The van der Waals surface area contributed by atoms with Crippen molar-refractivity contribution in [2.75, 3.05) is 0 Å². The van der Waals surface area contributed by atoms with Gasteiger partial charge in [0.2, 0.25) is 5.89 Å². The Labute approximate surface area is 119 Å². The first-order chi connectivity index (χ1) is 9.62. The molecule has 20 heavy (non-hydrogen) atoms. The van der Waals surface area contributed by atoms with Crippen molar-refractivity contribution in [3.05, 3.63) is 47.6 Å². The van der Waals surface area contributed by atoms with Crippen molar-refractivity contribution < 1.29 is 4.52 Å². The van der Waals surface area contributed by atoms with Gasteiger partial charge < -0.3 is 10.3 Å². The van der Waals surface area contributed by atoms with Crippen LogP contribution in [0.5, 0.6) is 0 Å². The lowest BCUT2D eigenvalue weighted by molar-refractivity contribution is 0.348. The Morgan fingerprint density at radius 1 is 1.25 bits per heavy atom. The Kier molecular flexibility index (Phi) is 3.34. The molecule has 1 aliphatic rings. The highest BCUT2D eigenvalue weighted by Crippen LogP contribution is 2.52. The highest BCUT2D eigenvalue weighted by atomic mass is 16.5. The van der Waals surface area contributed by atoms with Crippen LogP contribution in [0.3, 0.4) is 0 Å². The van der Waals surface area contributed by atoms with Crippen LogP contribution in [0.2, 0.25) is 0 Å². The summed E-state index contributed by atoms with van der Waals surface area (Å²) in [7, 11) is 0. The molecule has 0 spiro atoms. The van der Waals surface area contributed by atoms with Gasteiger partial charge in [-0.1, -0.05) is 49.3 Å². The Morgan fingerprint density at radius 3 is 2.55 bits per heavy atom. The van der Waals surface area contributed by atoms with Crippen LogP contribution in [-0.2, 0) is 11.8 Å². The molecule has 0 aliphatic heterocycles. The van der Waals surface area contributed by atoms with Crippen LogP contribution < -0.4 is 5.73 Å². The van der Waals surface area contributed by atoms with E-state index in [-0.39, 0.29) is 11.5 Å². The molecular formula is C16H21N3O. The van der Waals surface area contributed by atoms with Crippen molar-refractivity contribution >= 4 is 0 Å². The van der Waals surface area contributed by atoms with E-state index in [1.165, 1.54) is 5.56 Å². The Bertz CT molecular complexity index is 572. The molecule has 1 fully saturated rings. The van der Waals surface area contributed by atoms with Gasteiger partial charge in [-0.05, 0) is 24.3 Å². The standard InChI is InChI=1S/C16H21N3O/c1-11(2)13(17)10-14-18-15(19-20-14)16(8-9-16)12-6-4-3-5-7-12/h3-7,11,13H,8-10,17H2,1-2H3. The minimum Gasteiger partial charge on any atom is -0.339 e. The second-order valence-corrected chi connectivity index (χ2v) is 6.07. The summed E-state index contributed by atoms with van der Waals surface area (Å²) in [5.74, 6) is 1.88. The minimum absolute atomic E-state index is 0.0229. The second kappa shape index (κ2) is 5.02. The van der Waals surface area contributed by atoms with Gasteiger partial charge in [-0.15, -0.1) is 0 Å². The van der Waals surface area contributed by atoms with E-state index in [1.807, 2.05) is 6.07 Å². The molecule has 2 aromatic rings. The number of hydrogen-bond acceptors (Lipinski definition) is 4. The average Bonchev–Trinajstić information content (AvgIpc) is 3.14. The first-order valence-electron chi connectivity index (χ1n) is 7.26. The Balaban J connectivity index is 1.81. The van der Waals surface area contributed by atoms with Gasteiger partial charge in [0.15, 0.2) is 5.82 Å². The van der Waals surface area contributed by atoms with Crippen LogP contribution in [0, 0.1) is 5.92 Å². The molecule has 2 N–H and O–H groups in total. The lowest BCUT2D eigenvalue weighted by atomic mass is 9.95. The van der Waals surface area contributed by atoms with Gasteiger partial charge in [0, 0.05) is 12.5 Å². The van der Waals surface area contributed by atoms with Crippen molar-refractivity contribution in [3.8, 4) is 0 Å². The average molecular weight is 271 g/mol. The number of nitrogens with zero attached hydrogens (tertiary/aromatic N) is 2. The smallest absolute Gasteiger partial charge is 0.228 e. The lowest BCUT2D eigenvalue weighted by Crippen LogP contribution is -2.28. The zero-order valence-electron chi connectivity index (χ0n) is 12.0. The molecule has 1 aliphatic carbocycles. The summed E-state index contributed by atoms with van der Waals surface area (Å²) >= 11 is 0. The van der Waals surface area contributed by atoms with Gasteiger partial charge >= 0.3 is 0 Å². The van der Waals surface area contributed by atoms with Crippen molar-refractivity contribution in [2.24, 2.45) is 11.7 Å². The van der Waals surface area contributed by atoms with E-state index < -0.39 is 0 Å². The maximum Gasteiger partial charge on any atom is 0.228 e. The molecule has 1 aromatic heterocycles. The summed E-state index contributed by atoms with van der Waals surface area (Å²) in [6, 6.07) is 10.5. The molecule has 0 radical (unpaired) electrons. The van der Waals surface area contributed by atoms with Crippen molar-refractivity contribution in [1.29, 1.82) is 0 Å². The van der Waals surface area contributed by atoms with E-state index in [0.717, 1.165) is 18.7 Å². The fraction of sp³-hybridized carbons (Fsp3) is 0.500. The van der Waals surface area contributed by atoms with Crippen molar-refractivity contribution in [2.45, 2.75) is 44.6 Å². The maximum absolute atomic E-state index is 6.07. The summed E-state index contributed by atoms with van der Waals surface area (Å²) in [5.41, 5.74) is 7.32. The summed E-state index contributed by atoms with van der Waals surface area (Å²) in [6.45, 7) is 4.21. The third-order valence-corrected chi connectivity index (χ3v) is 4.24. The zero-order chi connectivity index (χ0) is 14.2. The summed E-state index contributed by atoms with van der Waals surface area (Å²) in [6.07, 6.45) is 2.83. The van der Waals surface area contributed by atoms with E-state index >= 15 is 0 Å². The SMILES string of the molecule is CC(C)C(N)Cc1nc(C2(c3ccccc3)CC2)no1. The molecule has 1 saturated carbocycles. The van der Waals surface area contributed by atoms with E-state index in [2.05, 4.69) is 48.3 Å². The lowest BCUT2D eigenvalue weighted by Gasteiger charge is -2.12. The van der Waals surface area contributed by atoms with E-state index in [0.29, 0.717) is 18.2 Å². The molecule has 4 heteroatoms. The van der Waals surface area contributed by atoms with Gasteiger partial charge in [-0.3, -0.25) is 0 Å². The highest BCUT2D eigenvalue weighted by molar-refractivity contribution is 5.38. The number of benzene rings is 1. The van der Waals surface area contributed by atoms with Gasteiger partial charge in [0.25, 0.3) is 0 Å². The van der Waals surface area contributed by atoms with Crippen LogP contribution in [-0.4, -0.2) is 16.2 Å². The van der Waals surface area contributed by atoms with Crippen LogP contribution in [0.1, 0.15) is 44.0 Å². The van der Waals surface area contributed by atoms with Gasteiger partial charge in [-0.2, -0.15) is 4.98 Å². The van der Waals surface area contributed by atoms with Crippen LogP contribution in [0.15, 0.2) is 34.9 Å². The maximum atomic E-state index is 6.07. The fourth-order valence-electron chi connectivity index (χ4n) is 2.49. The molecule has 4 nitrogen and oxygen atoms in total. The van der Waals surface area contributed by atoms with Crippen molar-refractivity contribution in [3.63, 3.8) is 0 Å². The molecule has 1 unspecified atom stereocenters. The topological polar surface area (TPSA) is 64.9 Å². The normalized spacial score (nSPS) is 18.2. The summed E-state index contributed by atoms with van der Waals surface area (Å²) < 4.78 is 5.39. The predicted molar refractivity (Wildman–Crippen MR) is 77.3 cm³/mol. The zero-order valence-corrected chi connectivity index (χ0v) is 12.0. The van der Waals surface area contributed by atoms with Crippen LogP contribution >= 0.6 is 0 Å². The molecule has 1 atom stereocenters. The predicted octanol–water partition coefficient (Wildman–Crippen LogP) is 2.68. The Morgan fingerprint density at radius 2 is 1.95 bits per heavy atom. The van der Waals surface area contributed by atoms with Gasteiger partial charge in [0.05, 0.1) is 5.41 Å². The van der Waals surface area contributed by atoms with E-state index in [9.17, 15) is 0 Å². The van der Waals surface area contributed by atoms with Gasteiger partial charge in [0.1, 0.15) is 0 Å². The fourth-order valence-corrected chi connectivity index (χ4v) is 2.49.